The lowest BCUT2D eigenvalue weighted by atomic mass is 9.74. The number of rotatable bonds is 11. The van der Waals surface area contributed by atoms with E-state index in [1.165, 1.54) is 167 Å². The summed E-state index contributed by atoms with van der Waals surface area (Å²) in [6.07, 6.45) is 8.24. The van der Waals surface area contributed by atoms with Crippen molar-refractivity contribution in [1.29, 1.82) is 0 Å². The quantitative estimate of drug-likeness (QED) is 0.0932. The van der Waals surface area contributed by atoms with Gasteiger partial charge < -0.3 is 0 Å². The van der Waals surface area contributed by atoms with Crippen molar-refractivity contribution in [3.63, 3.8) is 0 Å². The zero-order chi connectivity index (χ0) is 55.3. The van der Waals surface area contributed by atoms with Crippen molar-refractivity contribution in [2.45, 2.75) is 111 Å². The molecule has 76 heavy (non-hydrogen) atoms. The van der Waals surface area contributed by atoms with Crippen LogP contribution in [-0.2, 0) is 10.8 Å². The van der Waals surface area contributed by atoms with E-state index in [1.807, 2.05) is 0 Å². The number of hydrogen-bond donors (Lipinski definition) is 0. The van der Waals surface area contributed by atoms with Crippen LogP contribution >= 0.6 is 0 Å². The van der Waals surface area contributed by atoms with Gasteiger partial charge in [-0.3, -0.25) is 4.21 Å². The third kappa shape index (κ3) is 14.6. The second-order valence-corrected chi connectivity index (χ2v) is 23.9. The highest BCUT2D eigenvalue weighted by atomic mass is 32.2. The highest BCUT2D eigenvalue weighted by molar-refractivity contribution is 7.83. The molecule has 0 amide bonds. The van der Waals surface area contributed by atoms with E-state index in [-0.39, 0.29) is 0 Å². The molecule has 0 aliphatic heterocycles. The molecule has 0 saturated carbocycles. The van der Waals surface area contributed by atoms with Gasteiger partial charge in [0.25, 0.3) is 0 Å². The van der Waals surface area contributed by atoms with Gasteiger partial charge in [-0.2, -0.15) is 0 Å². The van der Waals surface area contributed by atoms with Crippen molar-refractivity contribution in [3.8, 4) is 0 Å². The van der Waals surface area contributed by atoms with Gasteiger partial charge in [-0.05, 0) is 201 Å². The molecule has 0 fully saturated rings. The van der Waals surface area contributed by atoms with Crippen LogP contribution in [0.1, 0.15) is 134 Å². The van der Waals surface area contributed by atoms with E-state index in [0.717, 1.165) is 0 Å². The molecule has 0 unspecified atom stereocenters. The van der Waals surface area contributed by atoms with E-state index in [4.69, 9.17) is 0 Å². The molecule has 0 N–H and O–H groups in total. The average Bonchev–Trinajstić information content (AvgIpc) is 3.26. The Kier molecular flexibility index (Phi) is 18.1. The van der Waals surface area contributed by atoms with E-state index < -0.39 is 10.8 Å². The van der Waals surface area contributed by atoms with Gasteiger partial charge in [0, 0.05) is 23.3 Å². The summed E-state index contributed by atoms with van der Waals surface area (Å²) in [4.78, 5) is 0. The van der Waals surface area contributed by atoms with Crippen LogP contribution in [0.25, 0.3) is 45.6 Å². The maximum Gasteiger partial charge on any atom is 0.0148 e. The minimum atomic E-state index is -0.611. The molecule has 388 valence electrons. The fourth-order valence-electron chi connectivity index (χ4n) is 11.6. The minimum Gasteiger partial charge on any atom is -0.260 e. The first-order valence-corrected chi connectivity index (χ1v) is 28.7. The summed E-state index contributed by atoms with van der Waals surface area (Å²) in [5, 5.41) is 0. The lowest BCUT2D eigenvalue weighted by molar-refractivity contribution is 0.690. The van der Waals surface area contributed by atoms with Gasteiger partial charge in [0.1, 0.15) is 0 Å². The maximum atomic E-state index is 9.56. The minimum absolute atomic E-state index is 0.611. The summed E-state index contributed by atoms with van der Waals surface area (Å²) in [7, 11) is -0.611. The molecular weight excluding hydrogens is 937 g/mol. The molecule has 0 aliphatic carbocycles. The van der Waals surface area contributed by atoms with E-state index in [2.05, 4.69) is 269 Å². The van der Waals surface area contributed by atoms with Crippen molar-refractivity contribution in [1.82, 2.24) is 0 Å². The Morgan fingerprint density at radius 3 is 0.566 bits per heavy atom. The first-order valence-electron chi connectivity index (χ1n) is 26.7. The third-order valence-corrected chi connectivity index (χ3v) is 13.5. The predicted octanol–water partition coefficient (Wildman–Crippen LogP) is 19.6. The first kappa shape index (κ1) is 56.6. The second-order valence-electron chi connectivity index (χ2n) is 22.5. The first-order chi connectivity index (χ1) is 35.9. The number of allylic oxidation sites excluding steroid dienone is 6. The van der Waals surface area contributed by atoms with Crippen LogP contribution in [0.5, 0.6) is 0 Å². The van der Waals surface area contributed by atoms with Gasteiger partial charge >= 0.3 is 0 Å². The molecular formula is C74H80OS. The normalized spacial score (nSPS) is 12.6. The zero-order valence-electron chi connectivity index (χ0n) is 48.8. The zero-order valence-corrected chi connectivity index (χ0v) is 49.6. The maximum absolute atomic E-state index is 9.56. The lowest BCUT2D eigenvalue weighted by Crippen LogP contribution is -2.06. The van der Waals surface area contributed by atoms with Crippen LogP contribution in [0.3, 0.4) is 0 Å². The fraction of sp³-hybridized carbons (Fsp3) is 0.243. The molecule has 0 aliphatic rings. The summed E-state index contributed by atoms with van der Waals surface area (Å²) in [5.41, 5.74) is 36.3. The Labute approximate surface area is 460 Å². The summed E-state index contributed by atoms with van der Waals surface area (Å²) < 4.78 is 9.56. The molecule has 0 spiro atoms. The highest BCUT2D eigenvalue weighted by Gasteiger charge is 2.29. The number of hydrogen-bond acceptors (Lipinski definition) is 1. The molecule has 1 nitrogen and oxygen atoms in total. The fourth-order valence-corrected chi connectivity index (χ4v) is 11.6. The lowest BCUT2D eigenvalue weighted by Gasteiger charge is -2.28. The summed E-state index contributed by atoms with van der Waals surface area (Å²) in [6, 6.07) is 56.9. The molecule has 2 heteroatoms. The summed E-state index contributed by atoms with van der Waals surface area (Å²) in [5.74, 6) is 0. The molecule has 8 aromatic carbocycles. The topological polar surface area (TPSA) is 17.1 Å². The number of benzene rings is 8. The standard InChI is InChI=1S/C72H74.C2H6OS/c1-43-17-44(2)26-59(25-43)41-67(61-29-47(5)19-48(6)30-61)69(63-33-51(9)21-52(10)34-63)71(65-37-55(13)23-56(14)38-65)72(66-39-57(15)24-58(16)40-66)70(64-35-53(11)22-54(12)36-64)68(62-31-49(7)20-50(8)32-62)42-60-27-45(3)18-46(4)28-60;1-4(2)3/h17-42H,1-16H3;1-2H3/b67-41+,68-42+,71-69+,72-70+;. The van der Waals surface area contributed by atoms with Crippen molar-refractivity contribution in [2.24, 2.45) is 0 Å². The second kappa shape index (κ2) is 24.3. The molecule has 0 heterocycles. The van der Waals surface area contributed by atoms with Gasteiger partial charge in [0.05, 0.1) is 0 Å². The molecule has 8 rings (SSSR count). The summed E-state index contributed by atoms with van der Waals surface area (Å²) >= 11 is 0. The molecule has 0 saturated heterocycles. The average molecular weight is 1020 g/mol. The van der Waals surface area contributed by atoms with Crippen molar-refractivity contribution >= 4 is 56.4 Å². The van der Waals surface area contributed by atoms with Gasteiger partial charge in [0.2, 0.25) is 0 Å². The molecule has 0 atom stereocenters. The highest BCUT2D eigenvalue weighted by Crippen LogP contribution is 2.52. The summed E-state index contributed by atoms with van der Waals surface area (Å²) in [6.45, 7) is 35.9. The number of aryl methyl sites for hydroxylation is 16. The smallest absolute Gasteiger partial charge is 0.0148 e. The van der Waals surface area contributed by atoms with E-state index in [1.54, 1.807) is 12.5 Å². The van der Waals surface area contributed by atoms with Crippen LogP contribution in [-0.4, -0.2) is 16.7 Å². The van der Waals surface area contributed by atoms with E-state index in [0.29, 0.717) is 0 Å². The SMILES string of the molecule is CS(C)=O.Cc1cc(C)cc(/C=C(/C(=C(/C(=C(/C(=C/c2cc(C)cc(C)c2)c2cc(C)cc(C)c2)c2cc(C)cc(C)c2)c2cc(C)cc(C)c2)c2cc(C)cc(C)c2)c2cc(C)cc(C)c2)c2cc(C)cc(C)c2)c1. The van der Waals surface area contributed by atoms with E-state index in [9.17, 15) is 4.21 Å². The van der Waals surface area contributed by atoms with Crippen molar-refractivity contribution < 1.29 is 4.21 Å². The van der Waals surface area contributed by atoms with E-state index >= 15 is 0 Å². The third-order valence-electron chi connectivity index (χ3n) is 13.5. The molecule has 0 bridgehead atoms. The van der Waals surface area contributed by atoms with Crippen LogP contribution in [0.4, 0.5) is 0 Å². The molecule has 8 aromatic rings. The van der Waals surface area contributed by atoms with Gasteiger partial charge in [-0.25, -0.2) is 0 Å². The monoisotopic (exact) mass is 1020 g/mol. The Hall–Kier alpha value is -7.13. The van der Waals surface area contributed by atoms with Gasteiger partial charge in [-0.1, -0.05) is 235 Å². The molecule has 0 aromatic heterocycles. The van der Waals surface area contributed by atoms with Crippen LogP contribution in [0.2, 0.25) is 0 Å². The Balaban J connectivity index is 0.00000203. The molecule has 0 radical (unpaired) electrons. The van der Waals surface area contributed by atoms with Crippen molar-refractivity contribution in [2.75, 3.05) is 12.5 Å². The van der Waals surface area contributed by atoms with Crippen LogP contribution < -0.4 is 0 Å². The van der Waals surface area contributed by atoms with Crippen molar-refractivity contribution in [3.05, 3.63) is 279 Å². The van der Waals surface area contributed by atoms with Crippen LogP contribution in [0, 0.1) is 111 Å². The van der Waals surface area contributed by atoms with Crippen LogP contribution in [0.15, 0.2) is 146 Å². The Bertz CT molecular complexity index is 3270. The predicted molar refractivity (Wildman–Crippen MR) is 337 cm³/mol. The largest absolute Gasteiger partial charge is 0.260 e. The Morgan fingerprint density at radius 2 is 0.382 bits per heavy atom. The Morgan fingerprint density at radius 1 is 0.237 bits per heavy atom. The van der Waals surface area contributed by atoms with Gasteiger partial charge in [0.15, 0.2) is 0 Å². The van der Waals surface area contributed by atoms with Gasteiger partial charge in [-0.15, -0.1) is 0 Å².